The molecule has 2 rings (SSSR count). The molecular weight excluding hydrogens is 186 g/mol. The molecule has 15 heavy (non-hydrogen) atoms. The minimum Gasteiger partial charge on any atom is -0.309 e. The molecule has 2 unspecified atom stereocenters. The highest BCUT2D eigenvalue weighted by atomic mass is 15.2. The van der Waals surface area contributed by atoms with E-state index in [0.717, 1.165) is 6.04 Å². The van der Waals surface area contributed by atoms with Gasteiger partial charge in [0.05, 0.1) is 0 Å². The Morgan fingerprint density at radius 3 is 2.07 bits per heavy atom. The summed E-state index contributed by atoms with van der Waals surface area (Å²) in [5.74, 6) is 0. The molecule has 2 aliphatic rings. The maximum atomic E-state index is 3.60. The molecule has 3 heteroatoms. The molecular formula is C12H25N3. The summed E-state index contributed by atoms with van der Waals surface area (Å²) < 4.78 is 0. The Morgan fingerprint density at radius 1 is 1.00 bits per heavy atom. The van der Waals surface area contributed by atoms with Crippen LogP contribution in [0.2, 0.25) is 0 Å². The first kappa shape index (κ1) is 11.4. The van der Waals surface area contributed by atoms with Crippen molar-refractivity contribution in [3.8, 4) is 0 Å². The minimum absolute atomic E-state index is 0.661. The molecule has 2 saturated heterocycles. The second-order valence-corrected chi connectivity index (χ2v) is 5.46. The Kier molecular flexibility index (Phi) is 3.65. The van der Waals surface area contributed by atoms with Gasteiger partial charge in [-0.25, -0.2) is 0 Å². The van der Waals surface area contributed by atoms with Crippen molar-refractivity contribution >= 4 is 0 Å². The van der Waals surface area contributed by atoms with E-state index in [1.807, 2.05) is 0 Å². The number of nitrogens with one attached hydrogen (secondary N) is 1. The van der Waals surface area contributed by atoms with Crippen LogP contribution in [0.15, 0.2) is 0 Å². The number of piperazine rings is 1. The molecule has 0 amide bonds. The number of nitrogens with zero attached hydrogens (tertiary/aromatic N) is 2. The van der Waals surface area contributed by atoms with Gasteiger partial charge in [0.1, 0.15) is 0 Å². The first-order chi connectivity index (χ1) is 7.15. The first-order valence-electron chi connectivity index (χ1n) is 6.34. The molecule has 88 valence electrons. The molecule has 0 aromatic rings. The van der Waals surface area contributed by atoms with E-state index in [9.17, 15) is 0 Å². The van der Waals surface area contributed by atoms with Gasteiger partial charge in [-0.3, -0.25) is 4.90 Å². The van der Waals surface area contributed by atoms with Crippen molar-refractivity contribution in [2.45, 2.75) is 44.8 Å². The van der Waals surface area contributed by atoms with Crippen molar-refractivity contribution < 1.29 is 0 Å². The van der Waals surface area contributed by atoms with Gasteiger partial charge in [-0.15, -0.1) is 0 Å². The van der Waals surface area contributed by atoms with Gasteiger partial charge in [-0.2, -0.15) is 0 Å². The molecule has 2 heterocycles. The van der Waals surface area contributed by atoms with Crippen LogP contribution >= 0.6 is 0 Å². The van der Waals surface area contributed by atoms with Gasteiger partial charge in [0.2, 0.25) is 0 Å². The summed E-state index contributed by atoms with van der Waals surface area (Å²) in [4.78, 5) is 5.16. The number of rotatable bonds is 1. The molecule has 0 bridgehead atoms. The summed E-state index contributed by atoms with van der Waals surface area (Å²) >= 11 is 0. The standard InChI is InChI=1S/C12H25N3/c1-10-8-15(9-11(2)13-10)12-4-6-14(3)7-5-12/h10-13H,4-9H2,1-3H3. The fourth-order valence-corrected chi connectivity index (χ4v) is 3.03. The highest BCUT2D eigenvalue weighted by Gasteiger charge is 2.28. The predicted octanol–water partition coefficient (Wildman–Crippen LogP) is 0.763. The molecule has 0 saturated carbocycles. The fraction of sp³-hybridized carbons (Fsp3) is 1.00. The van der Waals surface area contributed by atoms with E-state index < -0.39 is 0 Å². The average Bonchev–Trinajstić information content (AvgIpc) is 2.17. The zero-order chi connectivity index (χ0) is 10.8. The summed E-state index contributed by atoms with van der Waals surface area (Å²) in [6, 6.07) is 2.16. The smallest absolute Gasteiger partial charge is 0.0169 e. The van der Waals surface area contributed by atoms with Crippen molar-refractivity contribution in [2.24, 2.45) is 0 Å². The Balaban J connectivity index is 1.87. The molecule has 2 aliphatic heterocycles. The largest absolute Gasteiger partial charge is 0.309 e. The van der Waals surface area contributed by atoms with E-state index in [2.05, 4.69) is 36.0 Å². The second kappa shape index (κ2) is 4.81. The van der Waals surface area contributed by atoms with Crippen LogP contribution in [0, 0.1) is 0 Å². The lowest BCUT2D eigenvalue weighted by molar-refractivity contribution is 0.0792. The maximum absolute atomic E-state index is 3.60. The number of piperidine rings is 1. The van der Waals surface area contributed by atoms with Crippen LogP contribution < -0.4 is 5.32 Å². The van der Waals surface area contributed by atoms with Gasteiger partial charge < -0.3 is 10.2 Å². The highest BCUT2D eigenvalue weighted by molar-refractivity contribution is 4.87. The summed E-state index contributed by atoms with van der Waals surface area (Å²) in [6.45, 7) is 9.63. The van der Waals surface area contributed by atoms with Gasteiger partial charge in [0.15, 0.2) is 0 Å². The number of likely N-dealkylation sites (tertiary alicyclic amines) is 1. The van der Waals surface area contributed by atoms with Crippen molar-refractivity contribution in [3.63, 3.8) is 0 Å². The lowest BCUT2D eigenvalue weighted by Crippen LogP contribution is -2.58. The van der Waals surface area contributed by atoms with Crippen LogP contribution in [0.25, 0.3) is 0 Å². The Morgan fingerprint density at radius 2 is 1.53 bits per heavy atom. The maximum Gasteiger partial charge on any atom is 0.0169 e. The molecule has 0 aromatic carbocycles. The number of hydrogen-bond donors (Lipinski definition) is 1. The average molecular weight is 211 g/mol. The van der Waals surface area contributed by atoms with Gasteiger partial charge >= 0.3 is 0 Å². The summed E-state index contributed by atoms with van der Waals surface area (Å²) in [7, 11) is 2.24. The molecule has 0 aromatic heterocycles. The van der Waals surface area contributed by atoms with Crippen molar-refractivity contribution in [2.75, 3.05) is 33.2 Å². The third-order valence-corrected chi connectivity index (χ3v) is 3.79. The molecule has 2 atom stereocenters. The summed E-state index contributed by atoms with van der Waals surface area (Å²) in [5.41, 5.74) is 0. The van der Waals surface area contributed by atoms with Crippen LogP contribution in [0.4, 0.5) is 0 Å². The second-order valence-electron chi connectivity index (χ2n) is 5.46. The van der Waals surface area contributed by atoms with Crippen molar-refractivity contribution in [1.82, 2.24) is 15.1 Å². The van der Waals surface area contributed by atoms with Crippen LogP contribution in [-0.2, 0) is 0 Å². The molecule has 0 aliphatic carbocycles. The lowest BCUT2D eigenvalue weighted by Gasteiger charge is -2.43. The number of hydrogen-bond acceptors (Lipinski definition) is 3. The zero-order valence-corrected chi connectivity index (χ0v) is 10.4. The Bertz CT molecular complexity index is 189. The normalized spacial score (nSPS) is 37.0. The molecule has 1 N–H and O–H groups in total. The topological polar surface area (TPSA) is 18.5 Å². The lowest BCUT2D eigenvalue weighted by atomic mass is 10.0. The van der Waals surface area contributed by atoms with Gasteiger partial charge in [0.25, 0.3) is 0 Å². The first-order valence-corrected chi connectivity index (χ1v) is 6.34. The van der Waals surface area contributed by atoms with Crippen LogP contribution in [-0.4, -0.2) is 61.2 Å². The minimum atomic E-state index is 0.661. The van der Waals surface area contributed by atoms with E-state index in [4.69, 9.17) is 0 Å². The SMILES string of the molecule is CC1CN(C2CCN(C)CC2)CC(C)N1. The van der Waals surface area contributed by atoms with Gasteiger partial charge in [0, 0.05) is 31.2 Å². The van der Waals surface area contributed by atoms with E-state index in [1.165, 1.54) is 39.0 Å². The van der Waals surface area contributed by atoms with E-state index in [-0.39, 0.29) is 0 Å². The van der Waals surface area contributed by atoms with Crippen molar-refractivity contribution in [1.29, 1.82) is 0 Å². The predicted molar refractivity (Wildman–Crippen MR) is 64.2 cm³/mol. The zero-order valence-electron chi connectivity index (χ0n) is 10.4. The van der Waals surface area contributed by atoms with E-state index in [1.54, 1.807) is 0 Å². The monoisotopic (exact) mass is 211 g/mol. The van der Waals surface area contributed by atoms with E-state index >= 15 is 0 Å². The van der Waals surface area contributed by atoms with Crippen molar-refractivity contribution in [3.05, 3.63) is 0 Å². The Labute approximate surface area is 93.8 Å². The molecule has 2 fully saturated rings. The van der Waals surface area contributed by atoms with Crippen LogP contribution in [0.3, 0.4) is 0 Å². The third-order valence-electron chi connectivity index (χ3n) is 3.79. The summed E-state index contributed by atoms with van der Waals surface area (Å²) in [5, 5.41) is 3.60. The highest BCUT2D eigenvalue weighted by Crippen LogP contribution is 2.18. The van der Waals surface area contributed by atoms with Gasteiger partial charge in [-0.1, -0.05) is 0 Å². The van der Waals surface area contributed by atoms with Crippen LogP contribution in [0.1, 0.15) is 26.7 Å². The third kappa shape index (κ3) is 2.92. The van der Waals surface area contributed by atoms with E-state index in [0.29, 0.717) is 12.1 Å². The summed E-state index contributed by atoms with van der Waals surface area (Å²) in [6.07, 6.45) is 2.71. The molecule has 0 radical (unpaired) electrons. The fourth-order valence-electron chi connectivity index (χ4n) is 3.03. The Hall–Kier alpha value is -0.120. The molecule has 3 nitrogen and oxygen atoms in total. The molecule has 0 spiro atoms. The quantitative estimate of drug-likeness (QED) is 0.691. The van der Waals surface area contributed by atoms with Gasteiger partial charge in [-0.05, 0) is 46.8 Å². The van der Waals surface area contributed by atoms with Crippen LogP contribution in [0.5, 0.6) is 0 Å².